The summed E-state index contributed by atoms with van der Waals surface area (Å²) in [7, 11) is -3.77. The van der Waals surface area contributed by atoms with Crippen molar-refractivity contribution in [2.45, 2.75) is 50.2 Å². The second-order valence-electron chi connectivity index (χ2n) is 7.92. The molecule has 6 nitrogen and oxygen atoms in total. The fourth-order valence-corrected chi connectivity index (χ4v) is 4.69. The van der Waals surface area contributed by atoms with Crippen LogP contribution < -0.4 is 10.0 Å². The molecule has 2 atom stereocenters. The van der Waals surface area contributed by atoms with Gasteiger partial charge in [-0.15, -0.1) is 6.42 Å². The predicted octanol–water partition coefficient (Wildman–Crippen LogP) is 3.95. The van der Waals surface area contributed by atoms with Gasteiger partial charge in [0, 0.05) is 11.3 Å². The summed E-state index contributed by atoms with van der Waals surface area (Å²) >= 11 is 0. The first kappa shape index (κ1) is 23.0. The third kappa shape index (κ3) is 6.66. The van der Waals surface area contributed by atoms with Crippen molar-refractivity contribution in [1.29, 1.82) is 0 Å². The number of carbonyl (C=O) groups is 1. The largest absolute Gasteiger partial charge is 0.374 e. The fourth-order valence-electron chi connectivity index (χ4n) is 3.71. The van der Waals surface area contributed by atoms with Crippen molar-refractivity contribution >= 4 is 21.6 Å². The van der Waals surface area contributed by atoms with Crippen LogP contribution in [-0.2, 0) is 21.4 Å². The van der Waals surface area contributed by atoms with Gasteiger partial charge in [0.15, 0.2) is 0 Å². The van der Waals surface area contributed by atoms with Crippen LogP contribution in [0, 0.1) is 18.3 Å². The highest BCUT2D eigenvalue weighted by Crippen LogP contribution is 2.26. The molecule has 164 valence electrons. The molecular formula is C24H28N2O4S. The summed E-state index contributed by atoms with van der Waals surface area (Å²) in [5.74, 6) is 2.53. The summed E-state index contributed by atoms with van der Waals surface area (Å²) in [6.45, 7) is 2.64. The van der Waals surface area contributed by atoms with Crippen molar-refractivity contribution in [1.82, 2.24) is 4.72 Å². The zero-order chi connectivity index (χ0) is 22.3. The number of rotatable bonds is 8. The van der Waals surface area contributed by atoms with E-state index in [-0.39, 0.29) is 23.1 Å². The highest BCUT2D eigenvalue weighted by molar-refractivity contribution is 7.89. The molecule has 0 saturated heterocycles. The molecule has 0 radical (unpaired) electrons. The lowest BCUT2D eigenvalue weighted by atomic mass is 9.89. The maximum atomic E-state index is 12.7. The Kier molecular flexibility index (Phi) is 7.85. The molecular weight excluding hydrogens is 412 g/mol. The molecule has 2 aromatic carbocycles. The van der Waals surface area contributed by atoms with E-state index in [1.807, 2.05) is 18.2 Å². The topological polar surface area (TPSA) is 84.5 Å². The number of carbonyl (C=O) groups excluding carboxylic acids is 1. The van der Waals surface area contributed by atoms with Gasteiger partial charge in [0.1, 0.15) is 0 Å². The predicted molar refractivity (Wildman–Crippen MR) is 121 cm³/mol. The molecule has 3 rings (SSSR count). The van der Waals surface area contributed by atoms with Crippen LogP contribution in [0.15, 0.2) is 53.4 Å². The van der Waals surface area contributed by atoms with Crippen LogP contribution in [0.25, 0.3) is 0 Å². The number of hydrogen-bond acceptors (Lipinski definition) is 4. The van der Waals surface area contributed by atoms with Gasteiger partial charge < -0.3 is 10.1 Å². The Morgan fingerprint density at radius 3 is 2.77 bits per heavy atom. The third-order valence-corrected chi connectivity index (χ3v) is 6.73. The van der Waals surface area contributed by atoms with Gasteiger partial charge in [0.05, 0.1) is 24.2 Å². The third-order valence-electron chi connectivity index (χ3n) is 5.33. The van der Waals surface area contributed by atoms with E-state index in [0.717, 1.165) is 18.4 Å². The minimum Gasteiger partial charge on any atom is -0.374 e. The molecule has 0 heterocycles. The van der Waals surface area contributed by atoms with Gasteiger partial charge in [0.25, 0.3) is 5.91 Å². The second kappa shape index (κ2) is 10.6. The van der Waals surface area contributed by atoms with Gasteiger partial charge in [0.2, 0.25) is 10.0 Å². The summed E-state index contributed by atoms with van der Waals surface area (Å²) < 4.78 is 32.8. The number of hydrogen-bond donors (Lipinski definition) is 2. The number of benzene rings is 2. The van der Waals surface area contributed by atoms with Gasteiger partial charge in [-0.1, -0.05) is 43.9 Å². The number of nitrogens with one attached hydrogen (secondary N) is 2. The SMILES string of the molecule is C#CCNS(=O)(=O)c1cccc(C(=O)Nc2cccc(COC3CCCC(C)C3)c2)c1. The number of amides is 1. The lowest BCUT2D eigenvalue weighted by molar-refractivity contribution is 0.00468. The maximum Gasteiger partial charge on any atom is 0.255 e. The van der Waals surface area contributed by atoms with Crippen molar-refractivity contribution in [3.63, 3.8) is 0 Å². The van der Waals surface area contributed by atoms with Crippen LogP contribution in [0.4, 0.5) is 5.69 Å². The summed E-state index contributed by atoms with van der Waals surface area (Å²) in [6, 6.07) is 13.3. The summed E-state index contributed by atoms with van der Waals surface area (Å²) in [5.41, 5.74) is 1.84. The first-order chi connectivity index (χ1) is 14.9. The second-order valence-corrected chi connectivity index (χ2v) is 9.68. The van der Waals surface area contributed by atoms with Gasteiger partial charge in [-0.2, -0.15) is 4.72 Å². The fraction of sp³-hybridized carbons (Fsp3) is 0.375. The van der Waals surface area contributed by atoms with Crippen LogP contribution in [0.1, 0.15) is 48.5 Å². The zero-order valence-corrected chi connectivity index (χ0v) is 18.5. The van der Waals surface area contributed by atoms with E-state index in [1.54, 1.807) is 12.1 Å². The van der Waals surface area contributed by atoms with Crippen LogP contribution in [0.2, 0.25) is 0 Å². The number of sulfonamides is 1. The summed E-state index contributed by atoms with van der Waals surface area (Å²) in [4.78, 5) is 12.7. The molecule has 0 bridgehead atoms. The summed E-state index contributed by atoms with van der Waals surface area (Å²) in [6.07, 6.45) is 10.1. The van der Waals surface area contributed by atoms with E-state index >= 15 is 0 Å². The van der Waals surface area contributed by atoms with Gasteiger partial charge in [-0.3, -0.25) is 4.79 Å². The van der Waals surface area contributed by atoms with Crippen molar-refractivity contribution in [3.8, 4) is 12.3 Å². The average molecular weight is 441 g/mol. The van der Waals surface area contributed by atoms with Crippen molar-refractivity contribution < 1.29 is 17.9 Å². The highest BCUT2D eigenvalue weighted by Gasteiger charge is 2.19. The van der Waals surface area contributed by atoms with Crippen LogP contribution in [0.3, 0.4) is 0 Å². The molecule has 1 aliphatic carbocycles. The average Bonchev–Trinajstić information content (AvgIpc) is 2.77. The molecule has 0 spiro atoms. The minimum absolute atomic E-state index is 0.0146. The molecule has 0 aliphatic heterocycles. The van der Waals surface area contributed by atoms with Crippen LogP contribution in [0.5, 0.6) is 0 Å². The Bertz CT molecular complexity index is 1060. The molecule has 1 saturated carbocycles. The Labute approximate surface area is 184 Å². The Morgan fingerprint density at radius 2 is 2.00 bits per heavy atom. The van der Waals surface area contributed by atoms with Crippen molar-refractivity contribution in [2.24, 2.45) is 5.92 Å². The van der Waals surface area contributed by atoms with Crippen LogP contribution >= 0.6 is 0 Å². The normalized spacial score (nSPS) is 18.8. The molecule has 2 unspecified atom stereocenters. The lowest BCUT2D eigenvalue weighted by Gasteiger charge is -2.26. The van der Waals surface area contributed by atoms with E-state index in [4.69, 9.17) is 11.2 Å². The molecule has 2 N–H and O–H groups in total. The monoisotopic (exact) mass is 440 g/mol. The Morgan fingerprint density at radius 1 is 1.19 bits per heavy atom. The first-order valence-electron chi connectivity index (χ1n) is 10.4. The van der Waals surface area contributed by atoms with E-state index in [9.17, 15) is 13.2 Å². The van der Waals surface area contributed by atoms with Crippen molar-refractivity contribution in [3.05, 3.63) is 59.7 Å². The minimum atomic E-state index is -3.77. The maximum absolute atomic E-state index is 12.7. The quantitative estimate of drug-likeness (QED) is 0.609. The highest BCUT2D eigenvalue weighted by atomic mass is 32.2. The summed E-state index contributed by atoms with van der Waals surface area (Å²) in [5, 5.41) is 2.82. The van der Waals surface area contributed by atoms with Gasteiger partial charge in [-0.05, 0) is 54.7 Å². The molecule has 1 amide bonds. The molecule has 7 heteroatoms. The molecule has 1 aliphatic rings. The standard InChI is InChI=1S/C24H28N2O4S/c1-3-13-25-31(28,29)23-12-6-9-20(16-23)24(27)26-21-10-5-8-19(15-21)17-30-22-11-4-7-18(2)14-22/h1,5-6,8-10,12,15-16,18,22,25H,4,7,11,13-14,17H2,2H3,(H,26,27). The zero-order valence-electron chi connectivity index (χ0n) is 17.6. The van der Waals surface area contributed by atoms with E-state index in [2.05, 4.69) is 22.9 Å². The lowest BCUT2D eigenvalue weighted by Crippen LogP contribution is -2.24. The van der Waals surface area contributed by atoms with Gasteiger partial charge >= 0.3 is 0 Å². The Hall–Kier alpha value is -2.66. The molecule has 31 heavy (non-hydrogen) atoms. The molecule has 2 aromatic rings. The van der Waals surface area contributed by atoms with E-state index < -0.39 is 15.9 Å². The number of terminal acetylenes is 1. The van der Waals surface area contributed by atoms with E-state index in [0.29, 0.717) is 18.2 Å². The Balaban J connectivity index is 1.64. The molecule has 0 aromatic heterocycles. The van der Waals surface area contributed by atoms with E-state index in [1.165, 1.54) is 31.0 Å². The number of ether oxygens (including phenoxy) is 1. The van der Waals surface area contributed by atoms with Gasteiger partial charge in [-0.25, -0.2) is 8.42 Å². The van der Waals surface area contributed by atoms with Crippen molar-refractivity contribution in [2.75, 3.05) is 11.9 Å². The molecule has 1 fully saturated rings. The first-order valence-corrected chi connectivity index (χ1v) is 11.9. The smallest absolute Gasteiger partial charge is 0.255 e. The number of anilines is 1. The van der Waals surface area contributed by atoms with Crippen LogP contribution in [-0.4, -0.2) is 27.0 Å².